The van der Waals surface area contributed by atoms with Gasteiger partial charge in [0.1, 0.15) is 0 Å². The number of fused-ring (bicyclic) bond motifs is 11. The van der Waals surface area contributed by atoms with E-state index < -0.39 is 0 Å². The smallest absolute Gasteiger partial charge is 0.0541 e. The number of rotatable bonds is 6. The Bertz CT molecular complexity index is 4400. The Hall–Kier alpha value is -7.89. The Kier molecular flexibility index (Phi) is 8.97. The van der Waals surface area contributed by atoms with Crippen molar-refractivity contribution >= 4 is 93.2 Å². The van der Waals surface area contributed by atoms with Gasteiger partial charge in [-0.2, -0.15) is 0 Å². The molecule has 1 atom stereocenters. The van der Waals surface area contributed by atoms with Crippen molar-refractivity contribution in [1.82, 2.24) is 9.13 Å². The van der Waals surface area contributed by atoms with Gasteiger partial charge in [0.15, 0.2) is 0 Å². The van der Waals surface area contributed by atoms with Gasteiger partial charge in [0.2, 0.25) is 0 Å². The molecule has 336 valence electrons. The van der Waals surface area contributed by atoms with Crippen molar-refractivity contribution in [3.05, 3.63) is 247 Å². The summed E-state index contributed by atoms with van der Waals surface area (Å²) in [6, 6.07) is 81.8. The van der Waals surface area contributed by atoms with Crippen molar-refractivity contribution < 1.29 is 0 Å². The molecular formula is C67H46N2S2. The molecule has 3 aromatic heterocycles. The van der Waals surface area contributed by atoms with Crippen LogP contribution >= 0.6 is 23.1 Å². The molecule has 10 aromatic carbocycles. The van der Waals surface area contributed by atoms with Crippen LogP contribution in [0.4, 0.5) is 0 Å². The van der Waals surface area contributed by atoms with Crippen LogP contribution in [0, 0.1) is 0 Å². The fourth-order valence-corrected chi connectivity index (χ4v) is 14.3. The maximum atomic E-state index is 2.53. The van der Waals surface area contributed by atoms with Gasteiger partial charge in [-0.3, -0.25) is 0 Å². The minimum Gasteiger partial charge on any atom is -0.309 e. The Morgan fingerprint density at radius 3 is 1.54 bits per heavy atom. The molecule has 1 unspecified atom stereocenters. The Morgan fingerprint density at radius 2 is 0.901 bits per heavy atom. The lowest BCUT2D eigenvalue weighted by atomic mass is 9.81. The number of thiophene rings is 1. The third-order valence-corrected chi connectivity index (χ3v) is 18.2. The first-order valence-corrected chi connectivity index (χ1v) is 26.4. The normalized spacial score (nSPS) is 15.1. The molecular weight excluding hydrogens is 897 g/mol. The molecule has 0 amide bonds. The van der Waals surface area contributed by atoms with E-state index in [9.17, 15) is 0 Å². The van der Waals surface area contributed by atoms with Crippen LogP contribution in [-0.2, 0) is 5.41 Å². The van der Waals surface area contributed by atoms with E-state index in [1.54, 1.807) is 0 Å². The summed E-state index contributed by atoms with van der Waals surface area (Å²) >= 11 is 3.91. The van der Waals surface area contributed by atoms with Gasteiger partial charge >= 0.3 is 0 Å². The molecule has 0 fully saturated rings. The molecule has 71 heavy (non-hydrogen) atoms. The Morgan fingerprint density at radius 1 is 0.408 bits per heavy atom. The number of hydrogen-bond donors (Lipinski definition) is 0. The van der Waals surface area contributed by atoms with Crippen LogP contribution in [0.2, 0.25) is 0 Å². The number of nitrogens with zero attached hydrogens (tertiary/aromatic N) is 2. The molecule has 0 saturated heterocycles. The molecule has 0 spiro atoms. The topological polar surface area (TPSA) is 9.86 Å². The Labute approximate surface area is 420 Å². The van der Waals surface area contributed by atoms with Crippen molar-refractivity contribution in [2.75, 3.05) is 0 Å². The summed E-state index contributed by atoms with van der Waals surface area (Å²) in [4.78, 5) is 3.95. The molecule has 1 aliphatic heterocycles. The molecule has 4 heteroatoms. The fourth-order valence-electron chi connectivity index (χ4n) is 12.1. The van der Waals surface area contributed by atoms with Gasteiger partial charge < -0.3 is 9.13 Å². The van der Waals surface area contributed by atoms with Crippen LogP contribution in [0.5, 0.6) is 0 Å². The molecule has 2 nitrogen and oxygen atoms in total. The molecule has 1 aliphatic carbocycles. The van der Waals surface area contributed by atoms with Gasteiger partial charge in [-0.1, -0.05) is 159 Å². The average Bonchev–Trinajstić information content (AvgIpc) is 4.27. The summed E-state index contributed by atoms with van der Waals surface area (Å²) in [5, 5.41) is 10.5. The van der Waals surface area contributed by atoms with Crippen LogP contribution in [0.25, 0.3) is 113 Å². The van der Waals surface area contributed by atoms with Gasteiger partial charge in [0, 0.05) is 58.2 Å². The third kappa shape index (κ3) is 6.34. The lowest BCUT2D eigenvalue weighted by Crippen LogP contribution is -2.15. The van der Waals surface area contributed by atoms with E-state index in [1.807, 2.05) is 23.1 Å². The second-order valence-corrected chi connectivity index (χ2v) is 22.3. The highest BCUT2D eigenvalue weighted by molar-refractivity contribution is 8.08. The minimum absolute atomic E-state index is 0.120. The van der Waals surface area contributed by atoms with Crippen LogP contribution in [0.3, 0.4) is 0 Å². The monoisotopic (exact) mass is 942 g/mol. The van der Waals surface area contributed by atoms with E-state index in [4.69, 9.17) is 0 Å². The molecule has 13 aromatic rings. The molecule has 4 heterocycles. The molecule has 0 N–H and O–H groups in total. The lowest BCUT2D eigenvalue weighted by Gasteiger charge is -2.23. The number of benzene rings is 10. The summed E-state index contributed by atoms with van der Waals surface area (Å²) in [5.74, 6) is 0. The van der Waals surface area contributed by atoms with Crippen molar-refractivity contribution in [1.29, 1.82) is 0 Å². The summed E-state index contributed by atoms with van der Waals surface area (Å²) in [7, 11) is 0. The SMILES string of the molecule is CC1(C)c2cc(-c3ccc(-c4ccc5c(c4)c4ccccc4n5-c4ccc5ccccc5c4)s3)ccc2-c2ccc(C3CC=C(c4ccc5c(c4)c4ccccc4n5-c4ccc5ccccc5c4)S3)cc21. The molecule has 0 saturated carbocycles. The first-order valence-electron chi connectivity index (χ1n) is 24.7. The van der Waals surface area contributed by atoms with E-state index >= 15 is 0 Å². The van der Waals surface area contributed by atoms with Crippen molar-refractivity contribution in [2.24, 2.45) is 0 Å². The van der Waals surface area contributed by atoms with Gasteiger partial charge in [-0.15, -0.1) is 23.1 Å². The predicted octanol–water partition coefficient (Wildman–Crippen LogP) is 19.1. The van der Waals surface area contributed by atoms with Gasteiger partial charge in [-0.25, -0.2) is 0 Å². The highest BCUT2D eigenvalue weighted by Crippen LogP contribution is 2.54. The number of hydrogen-bond acceptors (Lipinski definition) is 2. The number of allylic oxidation sites excluding steroid dienone is 1. The van der Waals surface area contributed by atoms with E-state index in [2.05, 4.69) is 247 Å². The quantitative estimate of drug-likeness (QED) is 0.161. The number of aromatic nitrogens is 2. The fraction of sp³-hybridized carbons (Fsp3) is 0.0746. The molecule has 15 rings (SSSR count). The summed E-state index contributed by atoms with van der Waals surface area (Å²) < 4.78 is 4.85. The Balaban J connectivity index is 0.703. The van der Waals surface area contributed by atoms with E-state index in [1.165, 1.54) is 136 Å². The van der Waals surface area contributed by atoms with Crippen LogP contribution in [0.1, 0.15) is 47.8 Å². The zero-order valence-electron chi connectivity index (χ0n) is 39.4. The summed E-state index contributed by atoms with van der Waals surface area (Å²) in [6.07, 6.45) is 3.49. The molecule has 2 aliphatic rings. The second kappa shape index (κ2) is 15.6. The van der Waals surface area contributed by atoms with Gasteiger partial charge in [0.25, 0.3) is 0 Å². The van der Waals surface area contributed by atoms with Crippen molar-refractivity contribution in [3.8, 4) is 43.4 Å². The summed E-state index contributed by atoms with van der Waals surface area (Å²) in [5.41, 5.74) is 18.0. The second-order valence-electron chi connectivity index (χ2n) is 20.0. The predicted molar refractivity (Wildman–Crippen MR) is 306 cm³/mol. The van der Waals surface area contributed by atoms with Crippen molar-refractivity contribution in [2.45, 2.75) is 30.9 Å². The van der Waals surface area contributed by atoms with Crippen LogP contribution in [0.15, 0.2) is 224 Å². The van der Waals surface area contributed by atoms with Crippen molar-refractivity contribution in [3.63, 3.8) is 0 Å². The lowest BCUT2D eigenvalue weighted by molar-refractivity contribution is 0.659. The third-order valence-electron chi connectivity index (χ3n) is 15.6. The van der Waals surface area contributed by atoms with E-state index in [-0.39, 0.29) is 5.41 Å². The molecule has 0 bridgehead atoms. The maximum Gasteiger partial charge on any atom is 0.0541 e. The standard InChI is InChI=1S/C67H46N2S2/c1-67(2)57-39-47(65-33-31-63(70-65)45-23-29-61-55(37-45)53-15-7-9-17-59(53)68(61)49-25-19-41-11-3-5-13-43(41)35-49)21-27-51(57)52-28-22-48(40-58(52)67)66-34-32-64(71-66)46-24-30-62-56(38-46)54-16-8-10-18-60(54)69(62)50-26-20-42-12-4-6-14-44(42)36-50/h3-33,35-40,66H,34H2,1-2H3. The number of para-hydroxylation sites is 2. The van der Waals surface area contributed by atoms with Crippen LogP contribution in [-0.4, -0.2) is 9.13 Å². The average molecular weight is 943 g/mol. The van der Waals surface area contributed by atoms with E-state index in [0.717, 1.165) is 6.42 Å². The zero-order chi connectivity index (χ0) is 47.0. The first-order chi connectivity index (χ1) is 34.9. The van der Waals surface area contributed by atoms with Crippen LogP contribution < -0.4 is 0 Å². The maximum absolute atomic E-state index is 2.53. The molecule has 0 radical (unpaired) electrons. The van der Waals surface area contributed by atoms with E-state index in [0.29, 0.717) is 5.25 Å². The highest BCUT2D eigenvalue weighted by Gasteiger charge is 2.37. The minimum atomic E-state index is -0.120. The summed E-state index contributed by atoms with van der Waals surface area (Å²) in [6.45, 7) is 4.84. The van der Waals surface area contributed by atoms with Gasteiger partial charge in [0.05, 0.1) is 22.1 Å². The van der Waals surface area contributed by atoms with Gasteiger partial charge in [-0.05, 0) is 151 Å². The largest absolute Gasteiger partial charge is 0.309 e. The number of thioether (sulfide) groups is 1. The first kappa shape index (κ1) is 40.9. The highest BCUT2D eigenvalue weighted by atomic mass is 32.2. The zero-order valence-corrected chi connectivity index (χ0v) is 41.0.